The van der Waals surface area contributed by atoms with Crippen molar-refractivity contribution in [1.82, 2.24) is 0 Å². The van der Waals surface area contributed by atoms with Gasteiger partial charge in [0.05, 0.1) is 11.1 Å². The summed E-state index contributed by atoms with van der Waals surface area (Å²) in [5.41, 5.74) is -0.766. The third-order valence-corrected chi connectivity index (χ3v) is 1.46. The predicted octanol–water partition coefficient (Wildman–Crippen LogP) is -2.09. The van der Waals surface area contributed by atoms with Crippen molar-refractivity contribution < 1.29 is 55.9 Å². The third-order valence-electron chi connectivity index (χ3n) is 1.46. The summed E-state index contributed by atoms with van der Waals surface area (Å²) < 4.78 is 0. The van der Waals surface area contributed by atoms with E-state index in [1.165, 1.54) is 0 Å². The Morgan fingerprint density at radius 3 is 2.00 bits per heavy atom. The van der Waals surface area contributed by atoms with Gasteiger partial charge in [-0.15, -0.1) is 0 Å². The molecule has 0 aliphatic rings. The molecule has 0 heterocycles. The summed E-state index contributed by atoms with van der Waals surface area (Å²) in [5.74, 6) is -2.99. The number of aromatic carboxylic acids is 2. The van der Waals surface area contributed by atoms with Gasteiger partial charge in [0.25, 0.3) is 0 Å². The van der Waals surface area contributed by atoms with Gasteiger partial charge in [-0.25, -0.2) is 9.59 Å². The van der Waals surface area contributed by atoms with Gasteiger partial charge in [-0.2, -0.15) is 0 Å². The monoisotopic (exact) mass is 206 g/mol. The van der Waals surface area contributed by atoms with Crippen molar-refractivity contribution in [3.8, 4) is 5.75 Å². The molecule has 6 heteroatoms. The van der Waals surface area contributed by atoms with E-state index in [0.717, 1.165) is 18.2 Å². The van der Waals surface area contributed by atoms with Crippen molar-refractivity contribution in [2.75, 3.05) is 0 Å². The molecular formula is C8H7NaO5. The minimum atomic E-state index is -1.38. The van der Waals surface area contributed by atoms with Crippen LogP contribution in [0.25, 0.3) is 0 Å². The molecule has 0 unspecified atom stereocenters. The second-order valence-electron chi connectivity index (χ2n) is 2.34. The SMILES string of the molecule is O=C(O)c1ccc(O)cc1C(=O)O.[H-].[Na+]. The number of hydrogen-bond donors (Lipinski definition) is 3. The number of hydrogen-bond acceptors (Lipinski definition) is 3. The van der Waals surface area contributed by atoms with Crippen LogP contribution in [-0.2, 0) is 0 Å². The summed E-state index contributed by atoms with van der Waals surface area (Å²) >= 11 is 0. The zero-order valence-corrected chi connectivity index (χ0v) is 9.39. The first kappa shape index (κ1) is 13.0. The molecule has 0 amide bonds. The molecule has 3 N–H and O–H groups in total. The zero-order chi connectivity index (χ0) is 10.0. The molecule has 0 fully saturated rings. The van der Waals surface area contributed by atoms with E-state index in [-0.39, 0.29) is 42.3 Å². The molecule has 5 nitrogen and oxygen atoms in total. The van der Waals surface area contributed by atoms with Gasteiger partial charge in [-0.05, 0) is 18.2 Å². The van der Waals surface area contributed by atoms with Gasteiger partial charge in [-0.1, -0.05) is 0 Å². The van der Waals surface area contributed by atoms with Crippen LogP contribution in [0.1, 0.15) is 22.1 Å². The average molecular weight is 206 g/mol. The molecule has 0 aliphatic heterocycles. The maximum absolute atomic E-state index is 10.5. The van der Waals surface area contributed by atoms with Gasteiger partial charge in [0, 0.05) is 0 Å². The van der Waals surface area contributed by atoms with Crippen molar-refractivity contribution in [2.24, 2.45) is 0 Å². The summed E-state index contributed by atoms with van der Waals surface area (Å²) in [7, 11) is 0. The molecular weight excluding hydrogens is 199 g/mol. The molecule has 0 atom stereocenters. The van der Waals surface area contributed by atoms with Crippen LogP contribution in [-0.4, -0.2) is 27.3 Å². The van der Waals surface area contributed by atoms with Crippen molar-refractivity contribution in [3.05, 3.63) is 29.3 Å². The van der Waals surface area contributed by atoms with Crippen molar-refractivity contribution in [1.29, 1.82) is 0 Å². The number of phenols is 1. The fraction of sp³-hybridized carbons (Fsp3) is 0. The van der Waals surface area contributed by atoms with E-state index in [4.69, 9.17) is 15.3 Å². The molecule has 0 saturated carbocycles. The van der Waals surface area contributed by atoms with E-state index in [1.54, 1.807) is 0 Å². The summed E-state index contributed by atoms with van der Waals surface area (Å²) in [6.07, 6.45) is 0. The normalized spacial score (nSPS) is 8.86. The van der Waals surface area contributed by atoms with Crippen molar-refractivity contribution in [3.63, 3.8) is 0 Å². The van der Waals surface area contributed by atoms with Crippen LogP contribution in [0, 0.1) is 0 Å². The van der Waals surface area contributed by atoms with Crippen LogP contribution >= 0.6 is 0 Å². The first-order chi connectivity index (χ1) is 6.02. The van der Waals surface area contributed by atoms with Crippen LogP contribution < -0.4 is 29.6 Å². The van der Waals surface area contributed by atoms with Crippen LogP contribution in [0.4, 0.5) is 0 Å². The fourth-order valence-corrected chi connectivity index (χ4v) is 0.896. The van der Waals surface area contributed by atoms with Gasteiger partial charge >= 0.3 is 41.5 Å². The Morgan fingerprint density at radius 2 is 1.57 bits per heavy atom. The summed E-state index contributed by atoms with van der Waals surface area (Å²) in [4.78, 5) is 21.0. The minimum Gasteiger partial charge on any atom is -1.00 e. The number of carboxylic acid groups (broad SMARTS) is 2. The summed E-state index contributed by atoms with van der Waals surface area (Å²) in [6.45, 7) is 0. The Kier molecular flexibility index (Phi) is 4.62. The Hall–Kier alpha value is -1.04. The molecule has 0 saturated heterocycles. The summed E-state index contributed by atoms with van der Waals surface area (Å²) in [5, 5.41) is 26.0. The maximum atomic E-state index is 10.5. The van der Waals surface area contributed by atoms with Gasteiger partial charge in [0.1, 0.15) is 5.75 Å². The standard InChI is InChI=1S/C8H6O5.Na.H/c9-4-1-2-5(7(10)11)6(3-4)8(12)13;;/h1-3,9H,(H,10,11)(H,12,13);;/q;+1;-1. The van der Waals surface area contributed by atoms with Gasteiger partial charge in [-0.3, -0.25) is 0 Å². The molecule has 1 aromatic carbocycles. The Labute approximate surface area is 103 Å². The van der Waals surface area contributed by atoms with Crippen LogP contribution in [0.15, 0.2) is 18.2 Å². The van der Waals surface area contributed by atoms with Crippen molar-refractivity contribution >= 4 is 11.9 Å². The zero-order valence-electron chi connectivity index (χ0n) is 8.39. The third kappa shape index (κ3) is 2.73. The Morgan fingerprint density at radius 1 is 1.07 bits per heavy atom. The van der Waals surface area contributed by atoms with Crippen LogP contribution in [0.2, 0.25) is 0 Å². The Bertz CT molecular complexity index is 379. The number of rotatable bonds is 2. The van der Waals surface area contributed by atoms with E-state index in [1.807, 2.05) is 0 Å². The molecule has 0 bridgehead atoms. The van der Waals surface area contributed by atoms with Crippen molar-refractivity contribution in [2.45, 2.75) is 0 Å². The quantitative estimate of drug-likeness (QED) is 0.482. The van der Waals surface area contributed by atoms with Gasteiger partial charge in [0.2, 0.25) is 0 Å². The van der Waals surface area contributed by atoms with Gasteiger partial charge in [0.15, 0.2) is 0 Å². The number of phenolic OH excluding ortho intramolecular Hbond substituents is 1. The number of carbonyl (C=O) groups is 2. The fourth-order valence-electron chi connectivity index (χ4n) is 0.896. The smallest absolute Gasteiger partial charge is 1.00 e. The number of benzene rings is 1. The molecule has 1 aromatic rings. The second kappa shape index (κ2) is 4.99. The van der Waals surface area contributed by atoms with E-state index in [9.17, 15) is 9.59 Å². The first-order valence-corrected chi connectivity index (χ1v) is 3.32. The average Bonchev–Trinajstić information content (AvgIpc) is 2.03. The van der Waals surface area contributed by atoms with Crippen LogP contribution in [0.5, 0.6) is 5.75 Å². The Balaban J connectivity index is 0. The predicted molar refractivity (Wildman–Crippen MR) is 43.1 cm³/mol. The first-order valence-electron chi connectivity index (χ1n) is 3.32. The molecule has 70 valence electrons. The molecule has 0 aliphatic carbocycles. The molecule has 14 heavy (non-hydrogen) atoms. The molecule has 0 radical (unpaired) electrons. The largest absolute Gasteiger partial charge is 1.00 e. The van der Waals surface area contributed by atoms with Crippen LogP contribution in [0.3, 0.4) is 0 Å². The minimum absolute atomic E-state index is 0. The molecule has 1 rings (SSSR count). The number of carboxylic acids is 2. The maximum Gasteiger partial charge on any atom is 1.00 e. The second-order valence-corrected chi connectivity index (χ2v) is 2.34. The van der Waals surface area contributed by atoms with E-state index < -0.39 is 17.5 Å². The van der Waals surface area contributed by atoms with E-state index in [2.05, 4.69) is 0 Å². The van der Waals surface area contributed by atoms with E-state index in [0.29, 0.717) is 0 Å². The topological polar surface area (TPSA) is 94.8 Å². The molecule has 0 spiro atoms. The molecule has 0 aromatic heterocycles. The number of aromatic hydroxyl groups is 1. The summed E-state index contributed by atoms with van der Waals surface area (Å²) in [6, 6.07) is 3.06. The van der Waals surface area contributed by atoms with E-state index >= 15 is 0 Å². The van der Waals surface area contributed by atoms with Gasteiger partial charge < -0.3 is 16.7 Å².